The van der Waals surface area contributed by atoms with E-state index in [-0.39, 0.29) is 0 Å². The topological polar surface area (TPSA) is 40.6 Å². The Bertz CT molecular complexity index is 544. The third-order valence-electron chi connectivity index (χ3n) is 3.82. The molecular weight excluding hydrogens is 316 g/mol. The largest absolute Gasteiger partial charge is 0.299 e. The second-order valence-electron chi connectivity index (χ2n) is 5.12. The molecule has 7 heteroatoms. The minimum atomic E-state index is -3.38. The summed E-state index contributed by atoms with van der Waals surface area (Å²) in [5.41, 5.74) is 0.861. The smallest absolute Gasteiger partial charge is 0.252 e. The van der Waals surface area contributed by atoms with E-state index in [9.17, 15) is 8.42 Å². The summed E-state index contributed by atoms with van der Waals surface area (Å²) in [7, 11) is -1.71. The molecule has 0 spiro atoms. The first-order valence-corrected chi connectivity index (χ1v) is 9.68. The zero-order valence-corrected chi connectivity index (χ0v) is 14.3. The van der Waals surface area contributed by atoms with Crippen LogP contribution in [0, 0.1) is 0 Å². The fourth-order valence-electron chi connectivity index (χ4n) is 2.63. The van der Waals surface area contributed by atoms with Crippen LogP contribution in [0.25, 0.3) is 0 Å². The number of hydrogen-bond donors (Lipinski definition) is 0. The lowest BCUT2D eigenvalue weighted by Crippen LogP contribution is -2.40. The Morgan fingerprint density at radius 2 is 2.30 bits per heavy atom. The van der Waals surface area contributed by atoms with Gasteiger partial charge in [-0.05, 0) is 42.9 Å². The molecule has 1 atom stereocenters. The maximum Gasteiger partial charge on any atom is 0.252 e. The van der Waals surface area contributed by atoms with Crippen LogP contribution in [0.3, 0.4) is 0 Å². The maximum atomic E-state index is 12.5. The molecule has 114 valence electrons. The van der Waals surface area contributed by atoms with Crippen molar-refractivity contribution < 1.29 is 8.42 Å². The van der Waals surface area contributed by atoms with Crippen molar-refractivity contribution in [3.63, 3.8) is 0 Å². The molecule has 0 saturated carbocycles. The number of thiophene rings is 1. The van der Waals surface area contributed by atoms with Gasteiger partial charge in [-0.1, -0.05) is 6.92 Å². The van der Waals surface area contributed by atoms with E-state index >= 15 is 0 Å². The number of nitrogens with zero attached hydrogens (tertiary/aromatic N) is 2. The predicted molar refractivity (Wildman–Crippen MR) is 84.0 cm³/mol. The minimum Gasteiger partial charge on any atom is -0.299 e. The highest BCUT2D eigenvalue weighted by Crippen LogP contribution is 2.26. The first kappa shape index (κ1) is 16.2. The SMILES string of the molecule is CCN1CCCC1CN(C)S(=O)(=O)c1cc(CCl)cs1. The molecule has 0 aliphatic carbocycles. The first-order valence-electron chi connectivity index (χ1n) is 6.82. The van der Waals surface area contributed by atoms with Gasteiger partial charge in [0.15, 0.2) is 0 Å². The number of rotatable bonds is 6. The van der Waals surface area contributed by atoms with E-state index in [1.54, 1.807) is 13.1 Å². The predicted octanol–water partition coefficient (Wildman–Crippen LogP) is 2.59. The number of alkyl halides is 1. The van der Waals surface area contributed by atoms with Gasteiger partial charge in [-0.25, -0.2) is 8.42 Å². The van der Waals surface area contributed by atoms with E-state index in [0.717, 1.165) is 31.5 Å². The van der Waals surface area contributed by atoms with Gasteiger partial charge in [0.2, 0.25) is 0 Å². The summed E-state index contributed by atoms with van der Waals surface area (Å²) in [4.78, 5) is 2.35. The van der Waals surface area contributed by atoms with Gasteiger partial charge >= 0.3 is 0 Å². The molecule has 1 aliphatic rings. The van der Waals surface area contributed by atoms with E-state index in [0.29, 0.717) is 22.7 Å². The normalized spacial score (nSPS) is 20.9. The van der Waals surface area contributed by atoms with Gasteiger partial charge in [-0.15, -0.1) is 22.9 Å². The van der Waals surface area contributed by atoms with Crippen molar-refractivity contribution in [2.75, 3.05) is 26.7 Å². The summed E-state index contributed by atoms with van der Waals surface area (Å²) < 4.78 is 26.9. The van der Waals surface area contributed by atoms with Crippen LogP contribution in [0.4, 0.5) is 0 Å². The van der Waals surface area contributed by atoms with Gasteiger partial charge in [0, 0.05) is 25.5 Å². The summed E-state index contributed by atoms with van der Waals surface area (Å²) >= 11 is 6.98. The van der Waals surface area contributed by atoms with E-state index < -0.39 is 10.0 Å². The van der Waals surface area contributed by atoms with Crippen LogP contribution < -0.4 is 0 Å². The Hall–Kier alpha value is -0.140. The number of hydrogen-bond acceptors (Lipinski definition) is 4. The highest BCUT2D eigenvalue weighted by molar-refractivity contribution is 7.91. The van der Waals surface area contributed by atoms with Gasteiger partial charge < -0.3 is 0 Å². The van der Waals surface area contributed by atoms with Gasteiger partial charge in [-0.2, -0.15) is 4.31 Å². The van der Waals surface area contributed by atoms with Crippen molar-refractivity contribution in [3.8, 4) is 0 Å². The van der Waals surface area contributed by atoms with E-state index in [4.69, 9.17) is 11.6 Å². The van der Waals surface area contributed by atoms with Gasteiger partial charge in [0.1, 0.15) is 4.21 Å². The van der Waals surface area contributed by atoms with E-state index in [1.165, 1.54) is 15.6 Å². The fourth-order valence-corrected chi connectivity index (χ4v) is 5.50. The molecule has 0 N–H and O–H groups in total. The van der Waals surface area contributed by atoms with Gasteiger partial charge in [0.05, 0.1) is 0 Å². The molecule has 0 amide bonds. The quantitative estimate of drug-likeness (QED) is 0.750. The lowest BCUT2D eigenvalue weighted by atomic mass is 10.2. The standard InChI is InChI=1S/C13H21ClN2O2S2/c1-3-16-6-4-5-12(16)9-15(2)20(17,18)13-7-11(8-14)10-19-13/h7,10,12H,3-6,8-9H2,1-2H3. The van der Waals surface area contributed by atoms with Crippen molar-refractivity contribution in [2.24, 2.45) is 0 Å². The van der Waals surface area contributed by atoms with Gasteiger partial charge in [-0.3, -0.25) is 4.90 Å². The average Bonchev–Trinajstić information content (AvgIpc) is 3.07. The second kappa shape index (κ2) is 6.75. The van der Waals surface area contributed by atoms with E-state index in [2.05, 4.69) is 11.8 Å². The Balaban J connectivity index is 2.09. The zero-order valence-electron chi connectivity index (χ0n) is 11.9. The van der Waals surface area contributed by atoms with Crippen LogP contribution in [0.15, 0.2) is 15.7 Å². The molecular formula is C13H21ClN2O2S2. The molecule has 20 heavy (non-hydrogen) atoms. The molecule has 1 saturated heterocycles. The number of likely N-dealkylation sites (tertiary alicyclic amines) is 1. The molecule has 2 rings (SSSR count). The Kier molecular flexibility index (Phi) is 5.48. The van der Waals surface area contributed by atoms with Crippen LogP contribution in [-0.2, 0) is 15.9 Å². The monoisotopic (exact) mass is 336 g/mol. The molecule has 0 aromatic carbocycles. The highest BCUT2D eigenvalue weighted by atomic mass is 35.5. The Morgan fingerprint density at radius 3 is 2.90 bits per heavy atom. The molecule has 1 fully saturated rings. The van der Waals surface area contributed by atoms with Crippen molar-refractivity contribution >= 4 is 33.0 Å². The summed E-state index contributed by atoms with van der Waals surface area (Å²) in [6.07, 6.45) is 2.23. The third kappa shape index (κ3) is 3.36. The average molecular weight is 337 g/mol. The summed E-state index contributed by atoms with van der Waals surface area (Å²) in [5.74, 6) is 0.349. The molecule has 4 nitrogen and oxygen atoms in total. The van der Waals surface area contributed by atoms with Crippen molar-refractivity contribution in [3.05, 3.63) is 17.0 Å². The lowest BCUT2D eigenvalue weighted by molar-refractivity contribution is 0.238. The second-order valence-corrected chi connectivity index (χ2v) is 8.57. The van der Waals surface area contributed by atoms with Crippen LogP contribution >= 0.6 is 22.9 Å². The van der Waals surface area contributed by atoms with Crippen LogP contribution in [0.2, 0.25) is 0 Å². The van der Waals surface area contributed by atoms with Crippen LogP contribution in [-0.4, -0.2) is 50.3 Å². The molecule has 1 aliphatic heterocycles. The molecule has 1 aromatic heterocycles. The molecule has 0 bridgehead atoms. The summed E-state index contributed by atoms with van der Waals surface area (Å²) in [5, 5.41) is 1.81. The van der Waals surface area contributed by atoms with E-state index in [1.807, 2.05) is 5.38 Å². The Morgan fingerprint density at radius 1 is 1.55 bits per heavy atom. The highest BCUT2D eigenvalue weighted by Gasteiger charge is 2.29. The Labute approximate surface area is 130 Å². The number of sulfonamides is 1. The first-order chi connectivity index (χ1) is 9.48. The lowest BCUT2D eigenvalue weighted by Gasteiger charge is -2.27. The molecule has 1 aromatic rings. The van der Waals surface area contributed by atoms with Crippen molar-refractivity contribution in [1.29, 1.82) is 0 Å². The molecule has 0 radical (unpaired) electrons. The third-order valence-corrected chi connectivity index (χ3v) is 7.42. The number of likely N-dealkylation sites (N-methyl/N-ethyl adjacent to an activating group) is 2. The van der Waals surface area contributed by atoms with Crippen LogP contribution in [0.5, 0.6) is 0 Å². The van der Waals surface area contributed by atoms with Gasteiger partial charge in [0.25, 0.3) is 10.0 Å². The molecule has 1 unspecified atom stereocenters. The number of halogens is 1. The van der Waals surface area contributed by atoms with Crippen LogP contribution in [0.1, 0.15) is 25.3 Å². The van der Waals surface area contributed by atoms with Crippen molar-refractivity contribution in [2.45, 2.75) is 35.9 Å². The molecule has 2 heterocycles. The summed E-state index contributed by atoms with van der Waals surface area (Å²) in [6.45, 7) is 4.74. The summed E-state index contributed by atoms with van der Waals surface area (Å²) in [6, 6.07) is 2.02. The zero-order chi connectivity index (χ0) is 14.8. The fraction of sp³-hybridized carbons (Fsp3) is 0.692. The van der Waals surface area contributed by atoms with Crippen molar-refractivity contribution in [1.82, 2.24) is 9.21 Å². The maximum absolute atomic E-state index is 12.5. The minimum absolute atomic E-state index is 0.340.